The van der Waals surface area contributed by atoms with E-state index < -0.39 is 0 Å². The minimum atomic E-state index is 0.0744. The number of hydrogen-bond acceptors (Lipinski definition) is 5. The number of piperazine rings is 1. The standard InChI is InChI=1S/C15H22N2O3/c1-16-6-8-17(9-7-16)11-14(18)13-10-12(19-2)4-5-15(13)20-3/h4-5,10H,6-9,11H2,1-3H3. The Balaban J connectivity index is 2.08. The van der Waals surface area contributed by atoms with Crippen LogP contribution in [-0.4, -0.2) is 69.6 Å². The molecular formula is C15H22N2O3. The Labute approximate surface area is 120 Å². The van der Waals surface area contributed by atoms with Gasteiger partial charge >= 0.3 is 0 Å². The SMILES string of the molecule is COc1ccc(OC)c(C(=O)CN2CCN(C)CC2)c1. The smallest absolute Gasteiger partial charge is 0.180 e. The molecule has 0 N–H and O–H groups in total. The molecule has 1 aliphatic heterocycles. The van der Waals surface area contributed by atoms with Crippen molar-refractivity contribution in [2.75, 3.05) is 54.0 Å². The maximum atomic E-state index is 12.5. The highest BCUT2D eigenvalue weighted by Gasteiger charge is 2.20. The quantitative estimate of drug-likeness (QED) is 0.755. The fourth-order valence-electron chi connectivity index (χ4n) is 2.33. The third-order valence-electron chi connectivity index (χ3n) is 3.67. The topological polar surface area (TPSA) is 42.0 Å². The maximum Gasteiger partial charge on any atom is 0.180 e. The average molecular weight is 278 g/mol. The van der Waals surface area contributed by atoms with E-state index in [0.717, 1.165) is 26.2 Å². The Morgan fingerprint density at radius 3 is 2.45 bits per heavy atom. The van der Waals surface area contributed by atoms with Crippen LogP contribution >= 0.6 is 0 Å². The first kappa shape index (κ1) is 14.8. The van der Waals surface area contributed by atoms with Crippen LogP contribution in [0.4, 0.5) is 0 Å². The first-order valence-electron chi connectivity index (χ1n) is 6.80. The van der Waals surface area contributed by atoms with Gasteiger partial charge in [0.15, 0.2) is 5.78 Å². The van der Waals surface area contributed by atoms with E-state index in [1.54, 1.807) is 32.4 Å². The molecular weight excluding hydrogens is 256 g/mol. The summed E-state index contributed by atoms with van der Waals surface area (Å²) >= 11 is 0. The van der Waals surface area contributed by atoms with Gasteiger partial charge in [-0.25, -0.2) is 0 Å². The number of likely N-dealkylation sites (N-methyl/N-ethyl adjacent to an activating group) is 1. The van der Waals surface area contributed by atoms with Gasteiger partial charge in [0.25, 0.3) is 0 Å². The van der Waals surface area contributed by atoms with Crippen LogP contribution in [0.25, 0.3) is 0 Å². The number of ether oxygens (including phenoxy) is 2. The molecule has 0 atom stereocenters. The summed E-state index contributed by atoms with van der Waals surface area (Å²) in [5.74, 6) is 1.35. The molecule has 2 rings (SSSR count). The molecule has 110 valence electrons. The van der Waals surface area contributed by atoms with Gasteiger partial charge in [-0.2, -0.15) is 0 Å². The minimum absolute atomic E-state index is 0.0744. The zero-order valence-electron chi connectivity index (χ0n) is 12.4. The summed E-state index contributed by atoms with van der Waals surface area (Å²) in [6, 6.07) is 5.32. The monoisotopic (exact) mass is 278 g/mol. The molecule has 0 saturated carbocycles. The van der Waals surface area contributed by atoms with Gasteiger partial charge in [-0.15, -0.1) is 0 Å². The van der Waals surface area contributed by atoms with E-state index in [-0.39, 0.29) is 5.78 Å². The lowest BCUT2D eigenvalue weighted by atomic mass is 10.1. The Bertz CT molecular complexity index is 468. The highest BCUT2D eigenvalue weighted by Crippen LogP contribution is 2.24. The van der Waals surface area contributed by atoms with Crippen molar-refractivity contribution in [3.05, 3.63) is 23.8 Å². The maximum absolute atomic E-state index is 12.5. The Kier molecular flexibility index (Phi) is 4.98. The van der Waals surface area contributed by atoms with Crippen LogP contribution in [0.1, 0.15) is 10.4 Å². The molecule has 20 heavy (non-hydrogen) atoms. The first-order chi connectivity index (χ1) is 9.63. The van der Waals surface area contributed by atoms with Gasteiger partial charge in [0.1, 0.15) is 11.5 Å². The molecule has 0 amide bonds. The number of methoxy groups -OCH3 is 2. The largest absolute Gasteiger partial charge is 0.497 e. The molecule has 0 aliphatic carbocycles. The number of Topliss-reactive ketones (excluding diaryl/α,β-unsaturated/α-hetero) is 1. The van der Waals surface area contributed by atoms with Gasteiger partial charge in [0, 0.05) is 26.2 Å². The predicted octanol–water partition coefficient (Wildman–Crippen LogP) is 1.13. The third kappa shape index (κ3) is 3.49. The van der Waals surface area contributed by atoms with Gasteiger partial charge in [0.2, 0.25) is 0 Å². The highest BCUT2D eigenvalue weighted by atomic mass is 16.5. The Hall–Kier alpha value is -1.59. The number of ketones is 1. The predicted molar refractivity (Wildman–Crippen MR) is 77.8 cm³/mol. The van der Waals surface area contributed by atoms with Crippen molar-refractivity contribution >= 4 is 5.78 Å². The van der Waals surface area contributed by atoms with Crippen LogP contribution in [0.5, 0.6) is 11.5 Å². The zero-order valence-corrected chi connectivity index (χ0v) is 12.4. The second kappa shape index (κ2) is 6.72. The van der Waals surface area contributed by atoms with Crippen LogP contribution < -0.4 is 9.47 Å². The molecule has 0 spiro atoms. The lowest BCUT2D eigenvalue weighted by molar-refractivity contribution is 0.0873. The second-order valence-corrected chi connectivity index (χ2v) is 5.07. The first-order valence-corrected chi connectivity index (χ1v) is 6.80. The summed E-state index contributed by atoms with van der Waals surface area (Å²) in [7, 11) is 5.27. The number of nitrogens with zero attached hydrogens (tertiary/aromatic N) is 2. The lowest BCUT2D eigenvalue weighted by Crippen LogP contribution is -2.46. The van der Waals surface area contributed by atoms with E-state index in [9.17, 15) is 4.79 Å². The van der Waals surface area contributed by atoms with Crippen molar-refractivity contribution in [1.82, 2.24) is 9.80 Å². The summed E-state index contributed by atoms with van der Waals surface area (Å²) in [6.07, 6.45) is 0. The van der Waals surface area contributed by atoms with Gasteiger partial charge in [-0.05, 0) is 25.2 Å². The average Bonchev–Trinajstić information content (AvgIpc) is 2.48. The second-order valence-electron chi connectivity index (χ2n) is 5.07. The Morgan fingerprint density at radius 1 is 1.15 bits per heavy atom. The van der Waals surface area contributed by atoms with Gasteiger partial charge < -0.3 is 14.4 Å². The fraction of sp³-hybridized carbons (Fsp3) is 0.533. The van der Waals surface area contributed by atoms with E-state index in [0.29, 0.717) is 23.6 Å². The van der Waals surface area contributed by atoms with Crippen LogP contribution in [0.2, 0.25) is 0 Å². The molecule has 5 nitrogen and oxygen atoms in total. The lowest BCUT2D eigenvalue weighted by Gasteiger charge is -2.31. The summed E-state index contributed by atoms with van der Waals surface area (Å²) in [6.45, 7) is 4.28. The van der Waals surface area contributed by atoms with E-state index >= 15 is 0 Å². The normalized spacial score (nSPS) is 16.9. The van der Waals surface area contributed by atoms with Gasteiger partial charge in [-0.1, -0.05) is 0 Å². The van der Waals surface area contributed by atoms with E-state index in [1.807, 2.05) is 0 Å². The molecule has 1 aromatic carbocycles. The number of carbonyl (C=O) groups excluding carboxylic acids is 1. The van der Waals surface area contributed by atoms with Crippen LogP contribution in [0.15, 0.2) is 18.2 Å². The molecule has 1 fully saturated rings. The van der Waals surface area contributed by atoms with E-state index in [1.165, 1.54) is 0 Å². The molecule has 0 unspecified atom stereocenters. The summed E-state index contributed by atoms with van der Waals surface area (Å²) < 4.78 is 10.4. The van der Waals surface area contributed by atoms with Crippen molar-refractivity contribution in [3.8, 4) is 11.5 Å². The molecule has 0 bridgehead atoms. The Morgan fingerprint density at radius 2 is 1.85 bits per heavy atom. The molecule has 5 heteroatoms. The van der Waals surface area contributed by atoms with Crippen LogP contribution in [0.3, 0.4) is 0 Å². The van der Waals surface area contributed by atoms with Crippen molar-refractivity contribution in [3.63, 3.8) is 0 Å². The molecule has 0 radical (unpaired) electrons. The molecule has 1 aliphatic rings. The molecule has 1 aromatic rings. The molecule has 1 heterocycles. The van der Waals surface area contributed by atoms with Crippen LogP contribution in [-0.2, 0) is 0 Å². The van der Waals surface area contributed by atoms with Crippen LogP contribution in [0, 0.1) is 0 Å². The van der Waals surface area contributed by atoms with Crippen molar-refractivity contribution in [2.45, 2.75) is 0 Å². The summed E-state index contributed by atoms with van der Waals surface area (Å²) in [5, 5.41) is 0. The van der Waals surface area contributed by atoms with Crippen molar-refractivity contribution in [1.29, 1.82) is 0 Å². The number of carbonyl (C=O) groups is 1. The van der Waals surface area contributed by atoms with Crippen molar-refractivity contribution < 1.29 is 14.3 Å². The highest BCUT2D eigenvalue weighted by molar-refractivity contribution is 6.00. The zero-order chi connectivity index (χ0) is 14.5. The van der Waals surface area contributed by atoms with Gasteiger partial charge in [0.05, 0.1) is 26.3 Å². The summed E-state index contributed by atoms with van der Waals surface area (Å²) in [5.41, 5.74) is 0.589. The third-order valence-corrected chi connectivity index (χ3v) is 3.67. The molecule has 1 saturated heterocycles. The number of hydrogen-bond donors (Lipinski definition) is 0. The minimum Gasteiger partial charge on any atom is -0.497 e. The number of benzene rings is 1. The van der Waals surface area contributed by atoms with Crippen molar-refractivity contribution in [2.24, 2.45) is 0 Å². The van der Waals surface area contributed by atoms with E-state index in [4.69, 9.17) is 9.47 Å². The fourth-order valence-corrected chi connectivity index (χ4v) is 2.33. The van der Waals surface area contributed by atoms with Gasteiger partial charge in [-0.3, -0.25) is 9.69 Å². The van der Waals surface area contributed by atoms with E-state index in [2.05, 4.69) is 16.8 Å². The number of rotatable bonds is 5. The molecule has 0 aromatic heterocycles. The summed E-state index contributed by atoms with van der Waals surface area (Å²) in [4.78, 5) is 16.9.